The van der Waals surface area contributed by atoms with Crippen molar-refractivity contribution in [2.24, 2.45) is 0 Å². The average Bonchev–Trinajstić information content (AvgIpc) is 2.94. The van der Waals surface area contributed by atoms with Crippen LogP contribution in [0.5, 0.6) is 0 Å². The smallest absolute Gasteiger partial charge is 0.416 e. The van der Waals surface area contributed by atoms with Gasteiger partial charge in [0, 0.05) is 0 Å². The van der Waals surface area contributed by atoms with Crippen LogP contribution in [0.25, 0.3) is 0 Å². The fourth-order valence-corrected chi connectivity index (χ4v) is 2.07. The maximum Gasteiger partial charge on any atom is 0.416 e. The van der Waals surface area contributed by atoms with Crippen molar-refractivity contribution in [3.63, 3.8) is 0 Å². The van der Waals surface area contributed by atoms with E-state index in [1.54, 1.807) is 6.92 Å². The van der Waals surface area contributed by atoms with Gasteiger partial charge in [-0.15, -0.1) is 0 Å². The van der Waals surface area contributed by atoms with E-state index in [2.05, 4.69) is 5.32 Å². The maximum atomic E-state index is 12.7. The molecule has 0 saturated carbocycles. The van der Waals surface area contributed by atoms with Crippen molar-refractivity contribution in [2.45, 2.75) is 26.1 Å². The Labute approximate surface area is 145 Å². The molecule has 1 aromatic heterocycles. The van der Waals surface area contributed by atoms with Crippen molar-refractivity contribution in [2.75, 3.05) is 5.32 Å². The van der Waals surface area contributed by atoms with Crippen molar-refractivity contribution in [1.82, 2.24) is 0 Å². The molecule has 134 valence electrons. The molecule has 1 N–H and O–H groups in total. The minimum Gasteiger partial charge on any atom is -0.469 e. The van der Waals surface area contributed by atoms with Crippen LogP contribution in [-0.2, 0) is 15.7 Å². The molecule has 1 aromatic carbocycles. The summed E-state index contributed by atoms with van der Waals surface area (Å²) in [4.78, 5) is 24.0. The molecule has 0 radical (unpaired) electrons. The highest BCUT2D eigenvalue weighted by Gasteiger charge is 2.31. The third kappa shape index (κ3) is 4.54. The highest BCUT2D eigenvalue weighted by Crippen LogP contribution is 2.33. The number of halogens is 4. The minimum absolute atomic E-state index is 0.0782. The van der Waals surface area contributed by atoms with Crippen LogP contribution in [0.15, 0.2) is 34.9 Å². The molecule has 1 heterocycles. The number of ether oxygens (including phenoxy) is 1. The van der Waals surface area contributed by atoms with Crippen molar-refractivity contribution in [3.8, 4) is 0 Å². The Morgan fingerprint density at radius 2 is 1.96 bits per heavy atom. The standard InChI is InChI=1S/C16H13ClF3NO4/c1-8-11(5-6-24-8)15(23)25-9(2)14(22)21-13-7-10(16(18,19)20)3-4-12(13)17/h3-7,9H,1-2H3,(H,21,22)/t9-/m0/s1. The maximum absolute atomic E-state index is 12.7. The fourth-order valence-electron chi connectivity index (χ4n) is 1.91. The number of esters is 1. The van der Waals surface area contributed by atoms with Crippen LogP contribution in [0.3, 0.4) is 0 Å². The Bertz CT molecular complexity index is 801. The van der Waals surface area contributed by atoms with E-state index < -0.39 is 29.7 Å². The van der Waals surface area contributed by atoms with E-state index in [0.717, 1.165) is 12.1 Å². The van der Waals surface area contributed by atoms with Gasteiger partial charge in [0.25, 0.3) is 5.91 Å². The van der Waals surface area contributed by atoms with Gasteiger partial charge in [0.1, 0.15) is 11.3 Å². The Hall–Kier alpha value is -2.48. The van der Waals surface area contributed by atoms with Gasteiger partial charge >= 0.3 is 12.1 Å². The first-order valence-corrected chi connectivity index (χ1v) is 7.40. The second-order valence-corrected chi connectivity index (χ2v) is 5.53. The zero-order valence-electron chi connectivity index (χ0n) is 13.1. The summed E-state index contributed by atoms with van der Waals surface area (Å²) in [6.07, 6.45) is -4.55. The number of benzene rings is 1. The molecule has 1 amide bonds. The molecule has 0 aliphatic rings. The fraction of sp³-hybridized carbons (Fsp3) is 0.250. The predicted molar refractivity (Wildman–Crippen MR) is 83.4 cm³/mol. The topological polar surface area (TPSA) is 68.5 Å². The van der Waals surface area contributed by atoms with Crippen molar-refractivity contribution >= 4 is 29.2 Å². The molecule has 2 aromatic rings. The van der Waals surface area contributed by atoms with E-state index in [9.17, 15) is 22.8 Å². The van der Waals surface area contributed by atoms with E-state index in [4.69, 9.17) is 20.8 Å². The summed E-state index contributed by atoms with van der Waals surface area (Å²) in [6.45, 7) is 2.83. The van der Waals surface area contributed by atoms with E-state index in [1.165, 1.54) is 19.3 Å². The number of carbonyl (C=O) groups is 2. The molecule has 0 aliphatic carbocycles. The molecule has 9 heteroatoms. The number of amides is 1. The Kier molecular flexibility index (Phi) is 5.42. The van der Waals surface area contributed by atoms with E-state index in [0.29, 0.717) is 11.8 Å². The van der Waals surface area contributed by atoms with E-state index in [1.807, 2.05) is 0 Å². The molecule has 0 unspecified atom stereocenters. The molecule has 1 atom stereocenters. The molecule has 0 saturated heterocycles. The number of anilines is 1. The number of rotatable bonds is 4. The third-order valence-electron chi connectivity index (χ3n) is 3.28. The Morgan fingerprint density at radius 3 is 2.52 bits per heavy atom. The summed E-state index contributed by atoms with van der Waals surface area (Å²) in [6, 6.07) is 3.90. The molecule has 0 aliphatic heterocycles. The molecule has 2 rings (SSSR count). The highest BCUT2D eigenvalue weighted by atomic mass is 35.5. The summed E-state index contributed by atoms with van der Waals surface area (Å²) >= 11 is 5.80. The monoisotopic (exact) mass is 375 g/mol. The van der Waals surface area contributed by atoms with Crippen LogP contribution >= 0.6 is 11.6 Å². The Morgan fingerprint density at radius 1 is 1.28 bits per heavy atom. The first kappa shape index (κ1) is 18.9. The van der Waals surface area contributed by atoms with Gasteiger partial charge in [0.15, 0.2) is 6.10 Å². The summed E-state index contributed by atoms with van der Waals surface area (Å²) < 4.78 is 48.1. The van der Waals surface area contributed by atoms with E-state index >= 15 is 0 Å². The summed E-state index contributed by atoms with van der Waals surface area (Å²) in [5, 5.41) is 2.14. The number of aryl methyl sites for hydroxylation is 1. The van der Waals surface area contributed by atoms with Crippen LogP contribution in [0.2, 0.25) is 5.02 Å². The molecular weight excluding hydrogens is 363 g/mol. The second kappa shape index (κ2) is 7.18. The summed E-state index contributed by atoms with van der Waals surface area (Å²) in [7, 11) is 0. The summed E-state index contributed by atoms with van der Waals surface area (Å²) in [5.41, 5.74) is -1.05. The Balaban J connectivity index is 2.09. The molecule has 0 bridgehead atoms. The first-order chi connectivity index (χ1) is 11.6. The predicted octanol–water partition coefficient (Wildman–Crippen LogP) is 4.44. The average molecular weight is 376 g/mol. The van der Waals surface area contributed by atoms with Gasteiger partial charge in [0.2, 0.25) is 0 Å². The minimum atomic E-state index is -4.58. The first-order valence-electron chi connectivity index (χ1n) is 7.02. The third-order valence-corrected chi connectivity index (χ3v) is 3.61. The van der Waals surface area contributed by atoms with Crippen LogP contribution in [0.1, 0.15) is 28.6 Å². The van der Waals surface area contributed by atoms with Crippen molar-refractivity contribution in [3.05, 3.63) is 52.4 Å². The molecular formula is C16H13ClF3NO4. The zero-order valence-corrected chi connectivity index (χ0v) is 13.9. The van der Waals surface area contributed by atoms with Gasteiger partial charge in [-0.2, -0.15) is 13.2 Å². The van der Waals surface area contributed by atoms with Gasteiger partial charge in [-0.25, -0.2) is 4.79 Å². The number of hydrogen-bond donors (Lipinski definition) is 1. The quantitative estimate of drug-likeness (QED) is 0.802. The van der Waals surface area contributed by atoms with Crippen LogP contribution < -0.4 is 5.32 Å². The number of carbonyl (C=O) groups excluding carboxylic acids is 2. The number of alkyl halides is 3. The number of hydrogen-bond acceptors (Lipinski definition) is 4. The van der Waals surface area contributed by atoms with Gasteiger partial charge in [-0.05, 0) is 38.1 Å². The number of nitrogens with one attached hydrogen (secondary N) is 1. The van der Waals surface area contributed by atoms with Crippen LogP contribution in [-0.4, -0.2) is 18.0 Å². The highest BCUT2D eigenvalue weighted by molar-refractivity contribution is 6.33. The normalized spacial score (nSPS) is 12.6. The van der Waals surface area contributed by atoms with E-state index in [-0.39, 0.29) is 16.3 Å². The lowest BCUT2D eigenvalue weighted by molar-refractivity contribution is -0.137. The van der Waals surface area contributed by atoms with Crippen molar-refractivity contribution < 1.29 is 31.9 Å². The molecule has 25 heavy (non-hydrogen) atoms. The lowest BCUT2D eigenvalue weighted by Crippen LogP contribution is -2.30. The molecule has 0 fully saturated rings. The SMILES string of the molecule is Cc1occc1C(=O)O[C@@H](C)C(=O)Nc1cc(C(F)(F)F)ccc1Cl. The molecule has 0 spiro atoms. The molecule has 5 nitrogen and oxygen atoms in total. The van der Waals surface area contributed by atoms with Gasteiger partial charge in [-0.3, -0.25) is 4.79 Å². The largest absolute Gasteiger partial charge is 0.469 e. The van der Waals surface area contributed by atoms with Gasteiger partial charge in [-0.1, -0.05) is 11.6 Å². The number of furan rings is 1. The van der Waals surface area contributed by atoms with Crippen LogP contribution in [0.4, 0.5) is 18.9 Å². The van der Waals surface area contributed by atoms with Gasteiger partial charge < -0.3 is 14.5 Å². The van der Waals surface area contributed by atoms with Gasteiger partial charge in [0.05, 0.1) is 22.5 Å². The zero-order chi connectivity index (χ0) is 18.8. The second-order valence-electron chi connectivity index (χ2n) is 5.12. The summed E-state index contributed by atoms with van der Waals surface area (Å²) in [5.74, 6) is -1.29. The lowest BCUT2D eigenvalue weighted by Gasteiger charge is -2.15. The lowest BCUT2D eigenvalue weighted by atomic mass is 10.2. The van der Waals surface area contributed by atoms with Crippen molar-refractivity contribution in [1.29, 1.82) is 0 Å². The van der Waals surface area contributed by atoms with Crippen LogP contribution in [0, 0.1) is 6.92 Å².